The third kappa shape index (κ3) is 2.71. The number of carbonyl (C=O) groups is 1. The second-order valence-corrected chi connectivity index (χ2v) is 5.68. The number of rotatable bonds is 2. The van der Waals surface area contributed by atoms with Crippen LogP contribution in [-0.4, -0.2) is 36.1 Å². The number of piperidine rings is 1. The first-order valence-electron chi connectivity index (χ1n) is 6.95. The number of esters is 1. The van der Waals surface area contributed by atoms with Gasteiger partial charge in [-0.3, -0.25) is 0 Å². The average molecular weight is 271 g/mol. The number of ether oxygens (including phenoxy) is 1. The molecule has 3 heteroatoms. The Morgan fingerprint density at radius 1 is 1.40 bits per heavy atom. The summed E-state index contributed by atoms with van der Waals surface area (Å²) in [5.74, 6) is 2.52. The summed E-state index contributed by atoms with van der Waals surface area (Å²) in [4.78, 5) is 14.5. The molecule has 0 bridgehead atoms. The number of carbonyl (C=O) groups excluding carboxylic acids is 1. The molecule has 1 fully saturated rings. The highest BCUT2D eigenvalue weighted by Gasteiger charge is 2.44. The molecular weight excluding hydrogens is 250 g/mol. The van der Waals surface area contributed by atoms with Gasteiger partial charge in [-0.15, -0.1) is 6.42 Å². The topological polar surface area (TPSA) is 29.5 Å². The van der Waals surface area contributed by atoms with Gasteiger partial charge in [-0.1, -0.05) is 31.0 Å². The molecule has 0 radical (unpaired) electrons. The Morgan fingerprint density at radius 2 is 2.05 bits per heavy atom. The third-order valence-corrected chi connectivity index (χ3v) is 4.24. The van der Waals surface area contributed by atoms with E-state index in [2.05, 4.69) is 24.8 Å². The van der Waals surface area contributed by atoms with Crippen LogP contribution < -0.4 is 0 Å². The summed E-state index contributed by atoms with van der Waals surface area (Å²) in [6, 6.07) is 9.30. The van der Waals surface area contributed by atoms with E-state index in [4.69, 9.17) is 11.2 Å². The van der Waals surface area contributed by atoms with Gasteiger partial charge in [0.05, 0.1) is 5.56 Å². The molecule has 106 valence electrons. The number of hydrogen-bond acceptors (Lipinski definition) is 3. The van der Waals surface area contributed by atoms with Crippen molar-refractivity contribution in [3.05, 3.63) is 35.9 Å². The zero-order valence-electron chi connectivity index (χ0n) is 12.3. The van der Waals surface area contributed by atoms with Gasteiger partial charge in [-0.2, -0.15) is 0 Å². The van der Waals surface area contributed by atoms with Crippen LogP contribution in [-0.2, 0) is 4.74 Å². The monoisotopic (exact) mass is 271 g/mol. The number of hydrogen-bond donors (Lipinski definition) is 0. The van der Waals surface area contributed by atoms with Crippen LogP contribution >= 0.6 is 0 Å². The Labute approximate surface area is 120 Å². The van der Waals surface area contributed by atoms with E-state index in [9.17, 15) is 4.79 Å². The fraction of sp³-hybridized carbons (Fsp3) is 0.471. The van der Waals surface area contributed by atoms with Crippen LogP contribution in [0.2, 0.25) is 0 Å². The lowest BCUT2D eigenvalue weighted by atomic mass is 9.79. The predicted octanol–water partition coefficient (Wildman–Crippen LogP) is 2.58. The minimum absolute atomic E-state index is 0.112. The maximum absolute atomic E-state index is 12.3. The molecule has 1 aromatic carbocycles. The molecule has 0 amide bonds. The first-order chi connectivity index (χ1) is 9.48. The summed E-state index contributed by atoms with van der Waals surface area (Å²) in [5.41, 5.74) is -0.264. The predicted molar refractivity (Wildman–Crippen MR) is 79.3 cm³/mol. The Morgan fingerprint density at radius 3 is 2.65 bits per heavy atom. The van der Waals surface area contributed by atoms with Gasteiger partial charge in [0.2, 0.25) is 0 Å². The van der Waals surface area contributed by atoms with Crippen molar-refractivity contribution in [1.82, 2.24) is 4.90 Å². The van der Waals surface area contributed by atoms with Crippen molar-refractivity contribution >= 4 is 5.97 Å². The summed E-state index contributed by atoms with van der Waals surface area (Å²) in [5, 5.41) is 0. The highest BCUT2D eigenvalue weighted by molar-refractivity contribution is 5.89. The van der Waals surface area contributed by atoms with Crippen molar-refractivity contribution in [2.75, 3.05) is 13.6 Å². The number of likely N-dealkylation sites (tertiary alicyclic amines) is 1. The van der Waals surface area contributed by atoms with E-state index in [-0.39, 0.29) is 11.9 Å². The maximum Gasteiger partial charge on any atom is 0.339 e. The molecule has 1 aliphatic rings. The standard InChI is InChI=1S/C17H21NO2/c1-5-17(11-14(3)18(4)12-13(17)2)20-16(19)15-9-7-6-8-10-15/h1,6-10,13-14H,11-12H2,2-4H3/t13-,14-,17-/m0/s1. The lowest BCUT2D eigenvalue weighted by molar-refractivity contribution is -0.0582. The van der Waals surface area contributed by atoms with E-state index < -0.39 is 5.60 Å². The molecule has 1 heterocycles. The molecule has 0 unspecified atom stereocenters. The lowest BCUT2D eigenvalue weighted by Gasteiger charge is -2.45. The van der Waals surface area contributed by atoms with E-state index in [0.29, 0.717) is 18.0 Å². The van der Waals surface area contributed by atoms with E-state index in [1.807, 2.05) is 25.1 Å². The average Bonchev–Trinajstić information content (AvgIpc) is 2.45. The van der Waals surface area contributed by atoms with Gasteiger partial charge < -0.3 is 9.64 Å². The van der Waals surface area contributed by atoms with Gasteiger partial charge in [0, 0.05) is 24.9 Å². The minimum atomic E-state index is -0.807. The molecule has 1 saturated heterocycles. The fourth-order valence-corrected chi connectivity index (χ4v) is 2.73. The Kier molecular flexibility index (Phi) is 4.15. The molecule has 20 heavy (non-hydrogen) atoms. The number of benzene rings is 1. The molecule has 0 aromatic heterocycles. The smallest absolute Gasteiger partial charge is 0.339 e. The molecular formula is C17H21NO2. The van der Waals surface area contributed by atoms with Crippen molar-refractivity contribution in [2.24, 2.45) is 5.92 Å². The van der Waals surface area contributed by atoms with Crippen LogP contribution in [0.25, 0.3) is 0 Å². The number of nitrogens with zero attached hydrogens (tertiary/aromatic N) is 1. The van der Waals surface area contributed by atoms with E-state index in [0.717, 1.165) is 6.54 Å². The molecule has 1 aliphatic heterocycles. The van der Waals surface area contributed by atoms with Crippen LogP contribution in [0.4, 0.5) is 0 Å². The van der Waals surface area contributed by atoms with Gasteiger partial charge in [0.1, 0.15) is 0 Å². The van der Waals surface area contributed by atoms with Crippen LogP contribution in [0.15, 0.2) is 30.3 Å². The van der Waals surface area contributed by atoms with Gasteiger partial charge >= 0.3 is 5.97 Å². The molecule has 1 aromatic rings. The van der Waals surface area contributed by atoms with E-state index >= 15 is 0 Å². The summed E-state index contributed by atoms with van der Waals surface area (Å²) < 4.78 is 5.74. The zero-order valence-corrected chi connectivity index (χ0v) is 12.3. The fourth-order valence-electron chi connectivity index (χ4n) is 2.73. The van der Waals surface area contributed by atoms with Crippen molar-refractivity contribution in [3.63, 3.8) is 0 Å². The molecule has 2 rings (SSSR count). The Hall–Kier alpha value is -1.79. The first kappa shape index (κ1) is 14.6. The largest absolute Gasteiger partial charge is 0.442 e. The molecule has 0 aliphatic carbocycles. The maximum atomic E-state index is 12.3. The molecule has 0 spiro atoms. The highest BCUT2D eigenvalue weighted by Crippen LogP contribution is 2.34. The zero-order chi connectivity index (χ0) is 14.8. The lowest BCUT2D eigenvalue weighted by Crippen LogP contribution is -2.54. The molecule has 0 N–H and O–H groups in total. The Balaban J connectivity index is 2.20. The molecule has 0 saturated carbocycles. The minimum Gasteiger partial charge on any atom is -0.442 e. The van der Waals surface area contributed by atoms with Crippen LogP contribution in [0.3, 0.4) is 0 Å². The van der Waals surface area contributed by atoms with Crippen molar-refractivity contribution in [1.29, 1.82) is 0 Å². The SMILES string of the molecule is C#C[C@]1(OC(=O)c2ccccc2)C[C@H](C)N(C)C[C@@H]1C. The van der Waals surface area contributed by atoms with Crippen molar-refractivity contribution < 1.29 is 9.53 Å². The Bertz CT molecular complexity index is 520. The van der Waals surface area contributed by atoms with Crippen LogP contribution in [0, 0.1) is 18.3 Å². The molecule has 3 atom stereocenters. The highest BCUT2D eigenvalue weighted by atomic mass is 16.6. The van der Waals surface area contributed by atoms with Crippen molar-refractivity contribution in [3.8, 4) is 12.3 Å². The van der Waals surface area contributed by atoms with Crippen molar-refractivity contribution in [2.45, 2.75) is 31.9 Å². The van der Waals surface area contributed by atoms with Gasteiger partial charge in [-0.25, -0.2) is 4.79 Å². The summed E-state index contributed by atoms with van der Waals surface area (Å²) in [6.45, 7) is 4.97. The quantitative estimate of drug-likeness (QED) is 0.611. The normalized spacial score (nSPS) is 30.5. The second-order valence-electron chi connectivity index (χ2n) is 5.68. The van der Waals surface area contributed by atoms with E-state index in [1.54, 1.807) is 12.1 Å². The second kappa shape index (κ2) is 5.68. The van der Waals surface area contributed by atoms with Gasteiger partial charge in [-0.05, 0) is 26.1 Å². The van der Waals surface area contributed by atoms with Crippen LogP contribution in [0.1, 0.15) is 30.6 Å². The first-order valence-corrected chi connectivity index (χ1v) is 6.95. The van der Waals surface area contributed by atoms with Crippen LogP contribution in [0.5, 0.6) is 0 Å². The number of terminal acetylenes is 1. The summed E-state index contributed by atoms with van der Waals surface area (Å²) in [7, 11) is 2.07. The molecule has 3 nitrogen and oxygen atoms in total. The van der Waals surface area contributed by atoms with Gasteiger partial charge in [0.25, 0.3) is 0 Å². The summed E-state index contributed by atoms with van der Waals surface area (Å²) >= 11 is 0. The van der Waals surface area contributed by atoms with Gasteiger partial charge in [0.15, 0.2) is 5.60 Å². The van der Waals surface area contributed by atoms with E-state index in [1.165, 1.54) is 0 Å². The third-order valence-electron chi connectivity index (χ3n) is 4.24. The summed E-state index contributed by atoms with van der Waals surface area (Å²) in [6.07, 6.45) is 6.38.